The molecular formula is C30H25F2N5O3. The zero-order chi connectivity index (χ0) is 28.4. The Kier molecular flexibility index (Phi) is 7.24. The highest BCUT2D eigenvalue weighted by molar-refractivity contribution is 6.28. The number of hydrogen-bond donors (Lipinski definition) is 1. The fourth-order valence-corrected chi connectivity index (χ4v) is 4.51. The van der Waals surface area contributed by atoms with Crippen LogP contribution < -0.4 is 9.80 Å². The third-order valence-electron chi connectivity index (χ3n) is 6.40. The average molecular weight is 542 g/mol. The van der Waals surface area contributed by atoms with Gasteiger partial charge in [-0.25, -0.2) is 8.78 Å². The van der Waals surface area contributed by atoms with Crippen LogP contribution in [0, 0.1) is 11.6 Å². The normalized spacial score (nSPS) is 14.9. The highest BCUT2D eigenvalue weighted by atomic mass is 19.1. The Labute approximate surface area is 228 Å². The summed E-state index contributed by atoms with van der Waals surface area (Å²) in [5.41, 5.74) is 1.41. The maximum absolute atomic E-state index is 13.8. The number of nitrogens with zero attached hydrogens (tertiary/aromatic N) is 4. The number of rotatable bonds is 6. The van der Waals surface area contributed by atoms with Gasteiger partial charge in [0, 0.05) is 35.2 Å². The van der Waals surface area contributed by atoms with E-state index in [0.717, 1.165) is 4.90 Å². The first kappa shape index (κ1) is 26.5. The lowest BCUT2D eigenvalue weighted by atomic mass is 10.1. The van der Waals surface area contributed by atoms with E-state index in [0.29, 0.717) is 22.3 Å². The summed E-state index contributed by atoms with van der Waals surface area (Å²) in [4.78, 5) is 44.9. The Morgan fingerprint density at radius 2 is 1.65 bits per heavy atom. The third-order valence-corrected chi connectivity index (χ3v) is 6.40. The van der Waals surface area contributed by atoms with Crippen molar-refractivity contribution in [3.05, 3.63) is 108 Å². The monoisotopic (exact) mass is 541 g/mol. The van der Waals surface area contributed by atoms with Crippen LogP contribution in [0.1, 0.15) is 19.5 Å². The first-order chi connectivity index (χ1) is 19.2. The molecule has 0 radical (unpaired) electrons. The molecule has 202 valence electrons. The van der Waals surface area contributed by atoms with Crippen molar-refractivity contribution in [1.29, 1.82) is 0 Å². The van der Waals surface area contributed by atoms with Crippen molar-refractivity contribution < 1.29 is 23.2 Å². The van der Waals surface area contributed by atoms with Gasteiger partial charge in [-0.3, -0.25) is 24.4 Å². The highest BCUT2D eigenvalue weighted by Gasteiger charge is 2.33. The van der Waals surface area contributed by atoms with Crippen LogP contribution in [0.2, 0.25) is 0 Å². The second kappa shape index (κ2) is 10.9. The molecule has 2 heterocycles. The Balaban J connectivity index is 1.54. The molecule has 0 spiro atoms. The fourth-order valence-electron chi connectivity index (χ4n) is 4.51. The van der Waals surface area contributed by atoms with Crippen molar-refractivity contribution in [2.24, 2.45) is 0 Å². The van der Waals surface area contributed by atoms with Gasteiger partial charge in [-0.2, -0.15) is 5.10 Å². The van der Waals surface area contributed by atoms with Crippen LogP contribution in [0.3, 0.4) is 0 Å². The van der Waals surface area contributed by atoms with E-state index in [1.807, 2.05) is 0 Å². The minimum atomic E-state index is -0.714. The number of carbonyl (C=O) groups excluding carboxylic acids is 3. The molecule has 0 fully saturated rings. The van der Waals surface area contributed by atoms with E-state index in [4.69, 9.17) is 0 Å². The molecule has 0 aliphatic carbocycles. The van der Waals surface area contributed by atoms with Gasteiger partial charge in [0.25, 0.3) is 11.8 Å². The second-order valence-electron chi connectivity index (χ2n) is 9.43. The van der Waals surface area contributed by atoms with Gasteiger partial charge in [0.2, 0.25) is 5.91 Å². The summed E-state index contributed by atoms with van der Waals surface area (Å²) in [7, 11) is 0. The molecule has 0 bridgehead atoms. The molecule has 3 aromatic carbocycles. The number of amides is 3. The second-order valence-corrected chi connectivity index (χ2v) is 9.43. The summed E-state index contributed by atoms with van der Waals surface area (Å²) >= 11 is 0. The smallest absolute Gasteiger partial charge is 0.268 e. The molecule has 0 unspecified atom stereocenters. The van der Waals surface area contributed by atoms with Crippen molar-refractivity contribution in [1.82, 2.24) is 15.1 Å². The largest absolute Gasteiger partial charge is 0.308 e. The summed E-state index contributed by atoms with van der Waals surface area (Å²) in [6.07, 6.45) is 4.15. The predicted molar refractivity (Wildman–Crippen MR) is 148 cm³/mol. The number of benzene rings is 3. The number of aromatic nitrogens is 2. The van der Waals surface area contributed by atoms with Crippen LogP contribution in [-0.4, -0.2) is 45.4 Å². The number of fused-ring (bicyclic) bond motifs is 1. The number of anilines is 2. The van der Waals surface area contributed by atoms with Crippen LogP contribution in [0.25, 0.3) is 17.0 Å². The topological polar surface area (TPSA) is 89.6 Å². The fraction of sp³-hybridized carbons (Fsp3) is 0.133. The number of aromatic amines is 1. The van der Waals surface area contributed by atoms with E-state index in [1.165, 1.54) is 70.7 Å². The van der Waals surface area contributed by atoms with E-state index in [-0.39, 0.29) is 23.9 Å². The molecule has 0 atom stereocenters. The van der Waals surface area contributed by atoms with Crippen LogP contribution in [0.4, 0.5) is 20.2 Å². The molecule has 1 aliphatic heterocycles. The minimum absolute atomic E-state index is 0.239. The van der Waals surface area contributed by atoms with Crippen molar-refractivity contribution in [3.8, 4) is 0 Å². The van der Waals surface area contributed by atoms with Gasteiger partial charge in [0.15, 0.2) is 0 Å². The quantitative estimate of drug-likeness (QED) is 0.275. The highest BCUT2D eigenvalue weighted by Crippen LogP contribution is 2.26. The van der Waals surface area contributed by atoms with Crippen LogP contribution in [0.5, 0.6) is 0 Å². The first-order valence-electron chi connectivity index (χ1n) is 12.5. The maximum Gasteiger partial charge on any atom is 0.268 e. The van der Waals surface area contributed by atoms with Gasteiger partial charge in [0.1, 0.15) is 23.8 Å². The molecule has 1 N–H and O–H groups in total. The predicted octanol–water partition coefficient (Wildman–Crippen LogP) is 5.01. The zero-order valence-corrected chi connectivity index (χ0v) is 21.7. The number of para-hydroxylation sites is 1. The van der Waals surface area contributed by atoms with Gasteiger partial charge >= 0.3 is 0 Å². The standard InChI is InChI=1S/C30H25F2N5O3/c1-19(2)37(23-11-8-20(31)9-12-23)28(38)18-35-14-15-36(22-6-4-3-5-7-22)30(40)25(29(35)39)17-27-24-13-10-21(32)16-26(24)33-34-27/h3-17,19H,18H2,1-2H3,(H,33,34). The van der Waals surface area contributed by atoms with Gasteiger partial charge in [-0.15, -0.1) is 0 Å². The van der Waals surface area contributed by atoms with Gasteiger partial charge in [0.05, 0.1) is 11.2 Å². The van der Waals surface area contributed by atoms with Gasteiger partial charge < -0.3 is 9.80 Å². The lowest BCUT2D eigenvalue weighted by molar-refractivity contribution is -0.131. The zero-order valence-electron chi connectivity index (χ0n) is 21.7. The molecular weight excluding hydrogens is 516 g/mol. The summed E-state index contributed by atoms with van der Waals surface area (Å²) < 4.78 is 27.2. The molecule has 8 nitrogen and oxygen atoms in total. The molecule has 0 saturated carbocycles. The molecule has 40 heavy (non-hydrogen) atoms. The Morgan fingerprint density at radius 3 is 2.35 bits per heavy atom. The van der Waals surface area contributed by atoms with Crippen molar-refractivity contribution >= 4 is 46.1 Å². The maximum atomic E-state index is 13.8. The number of hydrogen-bond acceptors (Lipinski definition) is 4. The van der Waals surface area contributed by atoms with E-state index < -0.39 is 29.4 Å². The van der Waals surface area contributed by atoms with Crippen molar-refractivity contribution in [2.45, 2.75) is 19.9 Å². The van der Waals surface area contributed by atoms with Crippen LogP contribution in [-0.2, 0) is 14.4 Å². The molecule has 1 aromatic heterocycles. The van der Waals surface area contributed by atoms with E-state index in [1.54, 1.807) is 44.2 Å². The minimum Gasteiger partial charge on any atom is -0.308 e. The Morgan fingerprint density at radius 1 is 0.950 bits per heavy atom. The lowest BCUT2D eigenvalue weighted by Gasteiger charge is -2.29. The summed E-state index contributed by atoms with van der Waals surface area (Å²) in [5.74, 6) is -2.67. The summed E-state index contributed by atoms with van der Waals surface area (Å²) in [5, 5.41) is 7.40. The number of carbonyl (C=O) groups is 3. The van der Waals surface area contributed by atoms with Crippen LogP contribution in [0.15, 0.2) is 90.8 Å². The number of nitrogens with one attached hydrogen (secondary N) is 1. The van der Waals surface area contributed by atoms with Crippen molar-refractivity contribution in [3.63, 3.8) is 0 Å². The van der Waals surface area contributed by atoms with E-state index in [9.17, 15) is 23.2 Å². The Bertz CT molecular complexity index is 1650. The van der Waals surface area contributed by atoms with E-state index in [2.05, 4.69) is 10.2 Å². The summed E-state index contributed by atoms with van der Waals surface area (Å²) in [6, 6.07) is 18.0. The van der Waals surface area contributed by atoms with Gasteiger partial charge in [-0.05, 0) is 74.5 Å². The molecule has 1 aliphatic rings. The summed E-state index contributed by atoms with van der Waals surface area (Å²) in [6.45, 7) is 3.22. The van der Waals surface area contributed by atoms with Crippen molar-refractivity contribution in [2.75, 3.05) is 16.3 Å². The third kappa shape index (κ3) is 5.24. The van der Waals surface area contributed by atoms with Gasteiger partial charge in [-0.1, -0.05) is 18.2 Å². The van der Waals surface area contributed by atoms with Crippen LogP contribution >= 0.6 is 0 Å². The molecule has 0 saturated heterocycles. The SMILES string of the molecule is CC(C)N(C(=O)CN1C=CN(c2ccccc2)C(=O)C(=Cc2n[nH]c3cc(F)ccc23)C1=O)c1ccc(F)cc1. The molecule has 10 heteroatoms. The first-order valence-corrected chi connectivity index (χ1v) is 12.5. The Hall–Kier alpha value is -5.12. The molecule has 5 rings (SSSR count). The lowest BCUT2D eigenvalue weighted by Crippen LogP contribution is -2.44. The molecule has 4 aromatic rings. The number of H-pyrrole nitrogens is 1. The molecule has 3 amide bonds. The number of halogens is 2. The van der Waals surface area contributed by atoms with E-state index >= 15 is 0 Å². The average Bonchev–Trinajstić information content (AvgIpc) is 3.29.